The maximum Gasteiger partial charge on any atom is 0.248 e. The maximum atomic E-state index is 13.6. The highest BCUT2D eigenvalue weighted by Gasteiger charge is 2.08. The summed E-state index contributed by atoms with van der Waals surface area (Å²) in [7, 11) is 3.04. The van der Waals surface area contributed by atoms with E-state index < -0.39 is 11.7 Å². The lowest BCUT2D eigenvalue weighted by Gasteiger charge is -2.09. The van der Waals surface area contributed by atoms with E-state index in [2.05, 4.69) is 5.32 Å². The summed E-state index contributed by atoms with van der Waals surface area (Å²) in [6.45, 7) is 0. The van der Waals surface area contributed by atoms with Crippen molar-refractivity contribution in [3.8, 4) is 11.5 Å². The van der Waals surface area contributed by atoms with Crippen LogP contribution in [0.3, 0.4) is 0 Å². The summed E-state index contributed by atoms with van der Waals surface area (Å²) in [4.78, 5) is 11.9. The Kier molecular flexibility index (Phi) is 5.60. The molecule has 0 unspecified atom stereocenters. The molecule has 1 amide bonds. The van der Waals surface area contributed by atoms with Crippen molar-refractivity contribution in [3.05, 3.63) is 58.9 Å². The molecule has 0 spiro atoms. The van der Waals surface area contributed by atoms with Gasteiger partial charge in [-0.1, -0.05) is 23.7 Å². The molecule has 2 aromatic carbocycles. The second-order valence-corrected chi connectivity index (χ2v) is 4.97. The second-order valence-electron chi connectivity index (χ2n) is 4.53. The molecule has 23 heavy (non-hydrogen) atoms. The van der Waals surface area contributed by atoms with Crippen molar-refractivity contribution < 1.29 is 18.7 Å². The van der Waals surface area contributed by atoms with E-state index in [1.165, 1.54) is 38.5 Å². The van der Waals surface area contributed by atoms with E-state index in [1.807, 2.05) is 0 Å². The summed E-state index contributed by atoms with van der Waals surface area (Å²) in [5.74, 6) is 0.00933. The van der Waals surface area contributed by atoms with E-state index in [1.54, 1.807) is 24.3 Å². The third kappa shape index (κ3) is 4.23. The second kappa shape index (κ2) is 7.65. The summed E-state index contributed by atoms with van der Waals surface area (Å²) in [5.41, 5.74) is 0.679. The Balaban J connectivity index is 2.17. The standard InChI is InChI=1S/C17H15ClFNO3/c1-22-15-5-3-4-11(17(15)23-2)6-9-16(21)20-14-10-12(18)7-8-13(14)19/h3-10H,1-2H3,(H,20,21)/b9-6+. The first kappa shape index (κ1) is 16.8. The minimum Gasteiger partial charge on any atom is -0.493 e. The third-order valence-corrected chi connectivity index (χ3v) is 3.27. The number of benzene rings is 2. The van der Waals surface area contributed by atoms with E-state index in [4.69, 9.17) is 21.1 Å². The smallest absolute Gasteiger partial charge is 0.248 e. The van der Waals surface area contributed by atoms with Gasteiger partial charge < -0.3 is 14.8 Å². The first-order valence-corrected chi connectivity index (χ1v) is 7.08. The Morgan fingerprint density at radius 3 is 2.70 bits per heavy atom. The van der Waals surface area contributed by atoms with Gasteiger partial charge in [0.1, 0.15) is 5.82 Å². The van der Waals surface area contributed by atoms with Gasteiger partial charge in [-0.25, -0.2) is 4.39 Å². The van der Waals surface area contributed by atoms with Crippen LogP contribution in [-0.4, -0.2) is 20.1 Å². The molecule has 0 aliphatic rings. The predicted molar refractivity (Wildman–Crippen MR) is 88.6 cm³/mol. The largest absolute Gasteiger partial charge is 0.493 e. The topological polar surface area (TPSA) is 47.6 Å². The normalized spacial score (nSPS) is 10.6. The minimum atomic E-state index is -0.560. The van der Waals surface area contributed by atoms with Gasteiger partial charge in [-0.15, -0.1) is 0 Å². The maximum absolute atomic E-state index is 13.6. The van der Waals surface area contributed by atoms with Crippen molar-refractivity contribution in [2.45, 2.75) is 0 Å². The Hall–Kier alpha value is -2.53. The molecule has 0 aliphatic carbocycles. The Labute approximate surface area is 138 Å². The fourth-order valence-electron chi connectivity index (χ4n) is 1.98. The highest BCUT2D eigenvalue weighted by molar-refractivity contribution is 6.30. The molecule has 2 rings (SSSR count). The van der Waals surface area contributed by atoms with Crippen molar-refractivity contribution in [1.29, 1.82) is 0 Å². The fraction of sp³-hybridized carbons (Fsp3) is 0.118. The van der Waals surface area contributed by atoms with Gasteiger partial charge in [0, 0.05) is 16.7 Å². The number of halogens is 2. The number of hydrogen-bond donors (Lipinski definition) is 1. The van der Waals surface area contributed by atoms with Crippen LogP contribution in [0, 0.1) is 5.82 Å². The number of carbonyl (C=O) groups is 1. The number of para-hydroxylation sites is 1. The molecule has 0 fully saturated rings. The average molecular weight is 336 g/mol. The van der Waals surface area contributed by atoms with Crippen LogP contribution in [-0.2, 0) is 4.79 Å². The van der Waals surface area contributed by atoms with Gasteiger partial charge in [0.2, 0.25) is 5.91 Å². The summed E-state index contributed by atoms with van der Waals surface area (Å²) in [6.07, 6.45) is 2.83. The minimum absolute atomic E-state index is 0.0183. The lowest BCUT2D eigenvalue weighted by molar-refractivity contribution is -0.111. The van der Waals surface area contributed by atoms with Crippen LogP contribution in [0.4, 0.5) is 10.1 Å². The number of anilines is 1. The molecule has 0 saturated carbocycles. The molecule has 0 atom stereocenters. The molecule has 4 nitrogen and oxygen atoms in total. The Morgan fingerprint density at radius 1 is 1.22 bits per heavy atom. The van der Waals surface area contributed by atoms with Crippen molar-refractivity contribution in [2.24, 2.45) is 0 Å². The van der Waals surface area contributed by atoms with Gasteiger partial charge in [-0.05, 0) is 30.3 Å². The van der Waals surface area contributed by atoms with E-state index in [0.29, 0.717) is 22.1 Å². The lowest BCUT2D eigenvalue weighted by Crippen LogP contribution is -2.09. The molecule has 6 heteroatoms. The average Bonchev–Trinajstić information content (AvgIpc) is 2.55. The van der Waals surface area contributed by atoms with Crippen LogP contribution in [0.2, 0.25) is 5.02 Å². The molecule has 0 heterocycles. The van der Waals surface area contributed by atoms with Gasteiger partial charge in [0.15, 0.2) is 11.5 Å². The predicted octanol–water partition coefficient (Wildman–Crippen LogP) is 4.15. The van der Waals surface area contributed by atoms with E-state index in [0.717, 1.165) is 0 Å². The molecule has 0 saturated heterocycles. The molecular formula is C17H15ClFNO3. The van der Waals surface area contributed by atoms with Crippen molar-refractivity contribution >= 4 is 29.3 Å². The van der Waals surface area contributed by atoms with Crippen molar-refractivity contribution in [3.63, 3.8) is 0 Å². The van der Waals surface area contributed by atoms with E-state index in [-0.39, 0.29) is 5.69 Å². The molecule has 0 aliphatic heterocycles. The van der Waals surface area contributed by atoms with Crippen LogP contribution >= 0.6 is 11.6 Å². The zero-order valence-electron chi connectivity index (χ0n) is 12.6. The van der Waals surface area contributed by atoms with Gasteiger partial charge in [0.05, 0.1) is 19.9 Å². The van der Waals surface area contributed by atoms with E-state index in [9.17, 15) is 9.18 Å². The highest BCUT2D eigenvalue weighted by atomic mass is 35.5. The SMILES string of the molecule is COc1cccc(/C=C/C(=O)Nc2cc(Cl)ccc2F)c1OC. The first-order valence-electron chi connectivity index (χ1n) is 6.70. The summed E-state index contributed by atoms with van der Waals surface area (Å²) in [5, 5.41) is 2.76. The molecular weight excluding hydrogens is 321 g/mol. The van der Waals surface area contributed by atoms with Crippen LogP contribution in [0.5, 0.6) is 11.5 Å². The Morgan fingerprint density at radius 2 is 2.00 bits per heavy atom. The fourth-order valence-corrected chi connectivity index (χ4v) is 2.15. The molecule has 1 N–H and O–H groups in total. The summed E-state index contributed by atoms with van der Waals surface area (Å²) < 4.78 is 24.0. The molecule has 2 aromatic rings. The number of nitrogens with one attached hydrogen (secondary N) is 1. The molecule has 0 bridgehead atoms. The van der Waals surface area contributed by atoms with Crippen LogP contribution in [0.1, 0.15) is 5.56 Å². The summed E-state index contributed by atoms with van der Waals surface area (Å²) >= 11 is 5.78. The number of amides is 1. The van der Waals surface area contributed by atoms with Crippen LogP contribution in [0.15, 0.2) is 42.5 Å². The molecule has 0 radical (unpaired) electrons. The monoisotopic (exact) mass is 335 g/mol. The highest BCUT2D eigenvalue weighted by Crippen LogP contribution is 2.31. The van der Waals surface area contributed by atoms with Crippen LogP contribution < -0.4 is 14.8 Å². The van der Waals surface area contributed by atoms with Crippen molar-refractivity contribution in [1.82, 2.24) is 0 Å². The van der Waals surface area contributed by atoms with Gasteiger partial charge in [-0.2, -0.15) is 0 Å². The quantitative estimate of drug-likeness (QED) is 0.835. The number of carbonyl (C=O) groups excluding carboxylic acids is 1. The number of methoxy groups -OCH3 is 2. The number of hydrogen-bond acceptors (Lipinski definition) is 3. The van der Waals surface area contributed by atoms with Gasteiger partial charge in [0.25, 0.3) is 0 Å². The van der Waals surface area contributed by atoms with Gasteiger partial charge in [-0.3, -0.25) is 4.79 Å². The van der Waals surface area contributed by atoms with Gasteiger partial charge >= 0.3 is 0 Å². The lowest BCUT2D eigenvalue weighted by atomic mass is 10.1. The zero-order valence-corrected chi connectivity index (χ0v) is 13.4. The number of rotatable bonds is 5. The summed E-state index contributed by atoms with van der Waals surface area (Å²) in [6, 6.07) is 9.23. The molecule has 0 aromatic heterocycles. The van der Waals surface area contributed by atoms with Crippen LogP contribution in [0.25, 0.3) is 6.08 Å². The zero-order chi connectivity index (χ0) is 16.8. The van der Waals surface area contributed by atoms with E-state index >= 15 is 0 Å². The third-order valence-electron chi connectivity index (χ3n) is 3.03. The number of ether oxygens (including phenoxy) is 2. The first-order chi connectivity index (χ1) is 11.0. The molecule has 120 valence electrons. The Bertz CT molecular complexity index is 747. The van der Waals surface area contributed by atoms with Crippen molar-refractivity contribution in [2.75, 3.05) is 19.5 Å².